The zero-order valence-electron chi connectivity index (χ0n) is 14.4. The van der Waals surface area contributed by atoms with Gasteiger partial charge in [-0.15, -0.1) is 0 Å². The van der Waals surface area contributed by atoms with Crippen molar-refractivity contribution in [1.82, 2.24) is 14.9 Å². The van der Waals surface area contributed by atoms with E-state index in [1.807, 2.05) is 0 Å². The smallest absolute Gasteiger partial charge is 0.309 e. The van der Waals surface area contributed by atoms with Crippen LogP contribution in [0.25, 0.3) is 11.3 Å². The second-order valence-corrected chi connectivity index (χ2v) is 6.82. The zero-order valence-corrected chi connectivity index (χ0v) is 14.4. The van der Waals surface area contributed by atoms with E-state index in [4.69, 9.17) is 4.74 Å². The van der Waals surface area contributed by atoms with Gasteiger partial charge in [0.05, 0.1) is 36.9 Å². The van der Waals surface area contributed by atoms with Crippen molar-refractivity contribution in [2.24, 2.45) is 11.8 Å². The van der Waals surface area contributed by atoms with Crippen molar-refractivity contribution in [3.8, 4) is 11.3 Å². The number of halogens is 1. The maximum Gasteiger partial charge on any atom is 0.309 e. The Kier molecular flexibility index (Phi) is 4.22. The van der Waals surface area contributed by atoms with Crippen LogP contribution in [0.3, 0.4) is 0 Å². The summed E-state index contributed by atoms with van der Waals surface area (Å²) < 4.78 is 18.7. The van der Waals surface area contributed by atoms with Gasteiger partial charge in [0.1, 0.15) is 11.6 Å². The fraction of sp³-hybridized carbons (Fsp3) is 0.421. The van der Waals surface area contributed by atoms with Crippen molar-refractivity contribution in [2.45, 2.75) is 25.3 Å². The second-order valence-electron chi connectivity index (χ2n) is 6.82. The first kappa shape index (κ1) is 16.8. The van der Waals surface area contributed by atoms with Crippen molar-refractivity contribution < 1.29 is 18.7 Å². The summed E-state index contributed by atoms with van der Waals surface area (Å²) in [4.78, 5) is 33.7. The van der Waals surface area contributed by atoms with E-state index < -0.39 is 0 Å². The van der Waals surface area contributed by atoms with Crippen LogP contribution < -0.4 is 0 Å². The molecule has 0 bridgehead atoms. The van der Waals surface area contributed by atoms with E-state index in [2.05, 4.69) is 9.97 Å². The first-order chi connectivity index (χ1) is 12.6. The zero-order chi connectivity index (χ0) is 18.3. The van der Waals surface area contributed by atoms with Crippen LogP contribution in [0.2, 0.25) is 0 Å². The molecule has 4 rings (SSSR count). The number of carbonyl (C=O) groups is 2. The second kappa shape index (κ2) is 6.55. The molecule has 1 aliphatic carbocycles. The molecule has 1 saturated carbocycles. The lowest BCUT2D eigenvalue weighted by molar-refractivity contribution is -0.145. The minimum absolute atomic E-state index is 0.0215. The molecule has 2 heterocycles. The molecule has 6 nitrogen and oxygen atoms in total. The molecule has 3 unspecified atom stereocenters. The highest BCUT2D eigenvalue weighted by molar-refractivity contribution is 5.90. The number of rotatable bonds is 4. The summed E-state index contributed by atoms with van der Waals surface area (Å²) in [5.41, 5.74) is 1.05. The van der Waals surface area contributed by atoms with E-state index in [0.29, 0.717) is 30.0 Å². The third-order valence-corrected chi connectivity index (χ3v) is 5.22. The number of carbonyl (C=O) groups excluding carboxylic acids is 2. The van der Waals surface area contributed by atoms with Gasteiger partial charge in [-0.1, -0.05) is 12.1 Å². The number of nitrogens with one attached hydrogen (secondary N) is 1. The number of esters is 1. The van der Waals surface area contributed by atoms with Gasteiger partial charge in [-0.25, -0.2) is 9.37 Å². The molecular weight excluding hydrogens is 337 g/mol. The third-order valence-electron chi connectivity index (χ3n) is 5.22. The lowest BCUT2D eigenvalue weighted by Crippen LogP contribution is -2.33. The Bertz CT molecular complexity index is 850. The van der Waals surface area contributed by atoms with Crippen LogP contribution in [0, 0.1) is 17.7 Å². The SMILES string of the molecule is COC(=O)C1CC1C(=O)N1CCCC1c1ncc(-c2ccccc2F)[nH]1. The number of imidazole rings is 1. The van der Waals surface area contributed by atoms with Crippen molar-refractivity contribution in [3.63, 3.8) is 0 Å². The van der Waals surface area contributed by atoms with Gasteiger partial charge < -0.3 is 14.6 Å². The van der Waals surface area contributed by atoms with E-state index in [-0.39, 0.29) is 35.6 Å². The first-order valence-corrected chi connectivity index (χ1v) is 8.78. The molecule has 1 aliphatic heterocycles. The fourth-order valence-electron chi connectivity index (χ4n) is 3.73. The van der Waals surface area contributed by atoms with E-state index in [9.17, 15) is 14.0 Å². The lowest BCUT2D eigenvalue weighted by atomic mass is 10.1. The third kappa shape index (κ3) is 2.87. The summed E-state index contributed by atoms with van der Waals surface area (Å²) in [6.45, 7) is 0.642. The lowest BCUT2D eigenvalue weighted by Gasteiger charge is -2.23. The van der Waals surface area contributed by atoms with Crippen LogP contribution >= 0.6 is 0 Å². The van der Waals surface area contributed by atoms with Crippen LogP contribution in [0.4, 0.5) is 4.39 Å². The number of aromatic amines is 1. The van der Waals surface area contributed by atoms with Crippen molar-refractivity contribution in [2.75, 3.05) is 13.7 Å². The topological polar surface area (TPSA) is 75.3 Å². The summed E-state index contributed by atoms with van der Waals surface area (Å²) in [5, 5.41) is 0. The van der Waals surface area contributed by atoms with Gasteiger partial charge in [0, 0.05) is 12.1 Å². The monoisotopic (exact) mass is 357 g/mol. The van der Waals surface area contributed by atoms with Gasteiger partial charge in [0.25, 0.3) is 0 Å². The number of hydrogen-bond acceptors (Lipinski definition) is 4. The number of nitrogens with zero attached hydrogens (tertiary/aromatic N) is 2. The number of H-pyrrole nitrogens is 1. The van der Waals surface area contributed by atoms with Gasteiger partial charge in [-0.05, 0) is 31.4 Å². The number of aromatic nitrogens is 2. The molecule has 1 amide bonds. The number of methoxy groups -OCH3 is 1. The Labute approximate surface area is 150 Å². The summed E-state index contributed by atoms with van der Waals surface area (Å²) in [7, 11) is 1.34. The minimum Gasteiger partial charge on any atom is -0.469 e. The van der Waals surface area contributed by atoms with Gasteiger partial charge in [0.2, 0.25) is 5.91 Å². The molecule has 3 atom stereocenters. The number of likely N-dealkylation sites (tertiary alicyclic amines) is 1. The maximum absolute atomic E-state index is 14.0. The van der Waals surface area contributed by atoms with E-state index in [0.717, 1.165) is 12.8 Å². The summed E-state index contributed by atoms with van der Waals surface area (Å²) in [6, 6.07) is 6.34. The van der Waals surface area contributed by atoms with Crippen LogP contribution in [-0.2, 0) is 14.3 Å². The average Bonchev–Trinajstić information content (AvgIpc) is 3.06. The molecule has 0 spiro atoms. The molecular formula is C19H20FN3O3. The van der Waals surface area contributed by atoms with Crippen molar-refractivity contribution in [3.05, 3.63) is 42.1 Å². The van der Waals surface area contributed by atoms with E-state index in [1.54, 1.807) is 29.3 Å². The van der Waals surface area contributed by atoms with Crippen LogP contribution in [0.15, 0.2) is 30.5 Å². The highest BCUT2D eigenvalue weighted by Gasteiger charge is 2.52. The molecule has 2 aromatic rings. The molecule has 1 N–H and O–H groups in total. The molecule has 7 heteroatoms. The van der Waals surface area contributed by atoms with E-state index >= 15 is 0 Å². The number of amides is 1. The molecule has 1 aromatic carbocycles. The predicted molar refractivity (Wildman–Crippen MR) is 91.3 cm³/mol. The Morgan fingerprint density at radius 3 is 2.88 bits per heavy atom. The normalized spacial score (nSPS) is 24.5. The Morgan fingerprint density at radius 2 is 2.12 bits per heavy atom. The summed E-state index contributed by atoms with van der Waals surface area (Å²) in [5.74, 6) is -0.612. The quantitative estimate of drug-likeness (QED) is 0.854. The molecule has 2 fully saturated rings. The minimum atomic E-state index is -0.320. The molecule has 2 aliphatic rings. The highest BCUT2D eigenvalue weighted by Crippen LogP contribution is 2.44. The summed E-state index contributed by atoms with van der Waals surface area (Å²) >= 11 is 0. The standard InChI is InChI=1S/C19H20FN3O3/c1-26-19(25)13-9-12(13)18(24)23-8-4-7-16(23)17-21-10-15(22-17)11-5-2-3-6-14(11)20/h2-3,5-6,10,12-13,16H,4,7-9H2,1H3,(H,21,22). The molecule has 1 saturated heterocycles. The van der Waals surface area contributed by atoms with Crippen molar-refractivity contribution >= 4 is 11.9 Å². The van der Waals surface area contributed by atoms with Gasteiger partial charge in [0.15, 0.2) is 0 Å². The molecule has 26 heavy (non-hydrogen) atoms. The Morgan fingerprint density at radius 1 is 1.31 bits per heavy atom. The highest BCUT2D eigenvalue weighted by atomic mass is 19.1. The first-order valence-electron chi connectivity index (χ1n) is 8.78. The average molecular weight is 357 g/mol. The maximum atomic E-state index is 14.0. The number of hydrogen-bond donors (Lipinski definition) is 1. The van der Waals surface area contributed by atoms with Gasteiger partial charge in [-0.2, -0.15) is 0 Å². The van der Waals surface area contributed by atoms with Gasteiger partial charge in [-0.3, -0.25) is 9.59 Å². The van der Waals surface area contributed by atoms with Crippen LogP contribution in [0.1, 0.15) is 31.1 Å². The molecule has 1 aromatic heterocycles. The molecule has 136 valence electrons. The van der Waals surface area contributed by atoms with Crippen LogP contribution in [-0.4, -0.2) is 40.4 Å². The van der Waals surface area contributed by atoms with E-state index in [1.165, 1.54) is 13.2 Å². The van der Waals surface area contributed by atoms with Crippen LogP contribution in [0.5, 0.6) is 0 Å². The number of benzene rings is 1. The summed E-state index contributed by atoms with van der Waals surface area (Å²) in [6.07, 6.45) is 3.82. The Balaban J connectivity index is 1.52. The number of ether oxygens (including phenoxy) is 1. The predicted octanol–water partition coefficient (Wildman–Crippen LogP) is 2.69. The fourth-order valence-corrected chi connectivity index (χ4v) is 3.73. The van der Waals surface area contributed by atoms with Crippen molar-refractivity contribution in [1.29, 1.82) is 0 Å². The largest absolute Gasteiger partial charge is 0.469 e. The Hall–Kier alpha value is -2.70. The van der Waals surface area contributed by atoms with Gasteiger partial charge >= 0.3 is 5.97 Å². The molecule has 0 radical (unpaired) electrons.